The molecule has 0 aliphatic rings. The average molecular weight is 257 g/mol. The first-order chi connectivity index (χ1) is 8.27. The molecular weight excluding hydrogens is 238 g/mol. The zero-order valence-corrected chi connectivity index (χ0v) is 11.2. The van der Waals surface area contributed by atoms with Crippen LogP contribution in [0, 0.1) is 0 Å². The topological polar surface area (TPSA) is 72.7 Å². The lowest BCUT2D eigenvalue weighted by atomic mass is 10.3. The maximum Gasteiger partial charge on any atom is 0.220 e. The van der Waals surface area contributed by atoms with Crippen LogP contribution in [0.4, 0.5) is 0 Å². The van der Waals surface area contributed by atoms with E-state index in [1.165, 1.54) is 0 Å². The Bertz CT molecular complexity index is 341. The molecule has 0 radical (unpaired) electrons. The van der Waals surface area contributed by atoms with E-state index in [4.69, 9.17) is 0 Å². The number of nitrogens with one attached hydrogen (secondary N) is 1. The standard InChI is InChI=1S/C10H19N5OS/c1-3-11-10(16)6-5-7-17-8-9-12-13-14-15(9)4-2/h3-8H2,1-2H3,(H,11,16). The molecule has 0 aliphatic heterocycles. The number of rotatable bonds is 8. The van der Waals surface area contributed by atoms with Crippen LogP contribution in [0.1, 0.15) is 32.5 Å². The summed E-state index contributed by atoms with van der Waals surface area (Å²) in [4.78, 5) is 11.2. The smallest absolute Gasteiger partial charge is 0.220 e. The van der Waals surface area contributed by atoms with E-state index in [1.807, 2.05) is 13.8 Å². The Labute approximate surface area is 106 Å². The number of aryl methyl sites for hydroxylation is 1. The van der Waals surface area contributed by atoms with Crippen molar-refractivity contribution in [2.75, 3.05) is 12.3 Å². The Balaban J connectivity index is 2.10. The minimum absolute atomic E-state index is 0.131. The van der Waals surface area contributed by atoms with Crippen molar-refractivity contribution in [1.29, 1.82) is 0 Å². The minimum Gasteiger partial charge on any atom is -0.356 e. The number of amides is 1. The molecule has 0 bridgehead atoms. The highest BCUT2D eigenvalue weighted by Gasteiger charge is 2.04. The number of thioether (sulfide) groups is 1. The number of hydrogen-bond donors (Lipinski definition) is 1. The number of carbonyl (C=O) groups excluding carboxylic acids is 1. The molecular formula is C10H19N5OS. The van der Waals surface area contributed by atoms with Gasteiger partial charge in [0, 0.05) is 19.5 Å². The molecule has 0 fully saturated rings. The molecule has 1 amide bonds. The highest BCUT2D eigenvalue weighted by atomic mass is 32.2. The second kappa shape index (κ2) is 8.05. The maximum atomic E-state index is 11.2. The summed E-state index contributed by atoms with van der Waals surface area (Å²) in [7, 11) is 0. The Kier molecular flexibility index (Phi) is 6.61. The molecule has 0 saturated carbocycles. The number of carbonyl (C=O) groups is 1. The van der Waals surface area contributed by atoms with Crippen LogP contribution in [0.5, 0.6) is 0 Å². The molecule has 17 heavy (non-hydrogen) atoms. The van der Waals surface area contributed by atoms with Crippen molar-refractivity contribution in [3.8, 4) is 0 Å². The van der Waals surface area contributed by atoms with Gasteiger partial charge >= 0.3 is 0 Å². The molecule has 1 aromatic heterocycles. The number of tetrazole rings is 1. The molecule has 0 aromatic carbocycles. The fraction of sp³-hybridized carbons (Fsp3) is 0.800. The first-order valence-electron chi connectivity index (χ1n) is 5.87. The molecule has 96 valence electrons. The predicted molar refractivity (Wildman–Crippen MR) is 67.6 cm³/mol. The number of nitrogens with zero attached hydrogens (tertiary/aromatic N) is 4. The van der Waals surface area contributed by atoms with Gasteiger partial charge in [0.1, 0.15) is 0 Å². The van der Waals surface area contributed by atoms with Crippen LogP contribution in [-0.4, -0.2) is 38.4 Å². The van der Waals surface area contributed by atoms with E-state index in [2.05, 4.69) is 20.8 Å². The van der Waals surface area contributed by atoms with Gasteiger partial charge in [-0.05, 0) is 36.4 Å². The fourth-order valence-corrected chi connectivity index (χ4v) is 2.24. The summed E-state index contributed by atoms with van der Waals surface area (Å²) in [5.74, 6) is 2.78. The molecule has 0 spiro atoms. The van der Waals surface area contributed by atoms with E-state index in [0.29, 0.717) is 13.0 Å². The van der Waals surface area contributed by atoms with Gasteiger partial charge in [0.15, 0.2) is 5.82 Å². The molecule has 1 heterocycles. The molecule has 0 aliphatic carbocycles. The summed E-state index contributed by atoms with van der Waals surface area (Å²) in [5, 5.41) is 14.2. The molecule has 7 heteroatoms. The van der Waals surface area contributed by atoms with Crippen LogP contribution in [0.2, 0.25) is 0 Å². The second-order valence-electron chi connectivity index (χ2n) is 3.52. The van der Waals surface area contributed by atoms with Crippen molar-refractivity contribution in [3.05, 3.63) is 5.82 Å². The molecule has 1 rings (SSSR count). The number of hydrogen-bond acceptors (Lipinski definition) is 5. The van der Waals surface area contributed by atoms with Crippen LogP contribution >= 0.6 is 11.8 Å². The predicted octanol–water partition coefficient (Wildman–Crippen LogP) is 0.842. The van der Waals surface area contributed by atoms with Crippen LogP contribution in [0.25, 0.3) is 0 Å². The largest absolute Gasteiger partial charge is 0.356 e. The van der Waals surface area contributed by atoms with Gasteiger partial charge in [0.2, 0.25) is 5.91 Å². The van der Waals surface area contributed by atoms with Crippen molar-refractivity contribution >= 4 is 17.7 Å². The molecule has 0 unspecified atom stereocenters. The van der Waals surface area contributed by atoms with Gasteiger partial charge in [0.25, 0.3) is 0 Å². The van der Waals surface area contributed by atoms with Gasteiger partial charge in [0.05, 0.1) is 5.75 Å². The molecule has 6 nitrogen and oxygen atoms in total. The summed E-state index contributed by atoms with van der Waals surface area (Å²) in [6.07, 6.45) is 1.49. The van der Waals surface area contributed by atoms with Crippen molar-refractivity contribution < 1.29 is 4.79 Å². The van der Waals surface area contributed by atoms with E-state index in [9.17, 15) is 4.79 Å². The minimum atomic E-state index is 0.131. The van der Waals surface area contributed by atoms with Gasteiger partial charge in [-0.25, -0.2) is 4.68 Å². The van der Waals surface area contributed by atoms with E-state index < -0.39 is 0 Å². The van der Waals surface area contributed by atoms with Crippen molar-refractivity contribution in [1.82, 2.24) is 25.5 Å². The first kappa shape index (κ1) is 14.0. The highest BCUT2D eigenvalue weighted by Crippen LogP contribution is 2.11. The van der Waals surface area contributed by atoms with Gasteiger partial charge in [-0.1, -0.05) is 0 Å². The Morgan fingerprint density at radius 1 is 1.47 bits per heavy atom. The molecule has 1 aromatic rings. The third kappa shape index (κ3) is 5.16. The van der Waals surface area contributed by atoms with Crippen molar-refractivity contribution in [3.63, 3.8) is 0 Å². The third-order valence-electron chi connectivity index (χ3n) is 2.20. The van der Waals surface area contributed by atoms with Crippen LogP contribution < -0.4 is 5.32 Å². The van der Waals surface area contributed by atoms with Crippen molar-refractivity contribution in [2.24, 2.45) is 0 Å². The summed E-state index contributed by atoms with van der Waals surface area (Å²) in [5.41, 5.74) is 0. The lowest BCUT2D eigenvalue weighted by Crippen LogP contribution is -2.22. The normalized spacial score (nSPS) is 10.5. The zero-order valence-electron chi connectivity index (χ0n) is 10.3. The summed E-state index contributed by atoms with van der Waals surface area (Å²) in [6.45, 7) is 5.44. The zero-order chi connectivity index (χ0) is 12.5. The van der Waals surface area contributed by atoms with Gasteiger partial charge in [-0.2, -0.15) is 11.8 Å². The quantitative estimate of drug-likeness (QED) is 0.699. The Morgan fingerprint density at radius 2 is 2.29 bits per heavy atom. The molecule has 0 saturated heterocycles. The van der Waals surface area contributed by atoms with Crippen LogP contribution in [0.15, 0.2) is 0 Å². The van der Waals surface area contributed by atoms with Crippen LogP contribution in [0.3, 0.4) is 0 Å². The lowest BCUT2D eigenvalue weighted by Gasteiger charge is -2.02. The van der Waals surface area contributed by atoms with E-state index in [0.717, 1.165) is 30.3 Å². The summed E-state index contributed by atoms with van der Waals surface area (Å²) >= 11 is 1.76. The second-order valence-corrected chi connectivity index (χ2v) is 4.63. The molecule has 1 N–H and O–H groups in total. The monoisotopic (exact) mass is 257 g/mol. The fourth-order valence-electron chi connectivity index (χ4n) is 1.36. The maximum absolute atomic E-state index is 11.2. The van der Waals surface area contributed by atoms with Crippen molar-refractivity contribution in [2.45, 2.75) is 39.0 Å². The van der Waals surface area contributed by atoms with E-state index in [1.54, 1.807) is 16.4 Å². The lowest BCUT2D eigenvalue weighted by molar-refractivity contribution is -0.120. The van der Waals surface area contributed by atoms with Crippen LogP contribution in [-0.2, 0) is 17.1 Å². The summed E-state index contributed by atoms with van der Waals surface area (Å²) < 4.78 is 1.79. The average Bonchev–Trinajstić information content (AvgIpc) is 2.76. The first-order valence-corrected chi connectivity index (χ1v) is 7.02. The SMILES string of the molecule is CCNC(=O)CCCSCc1nnnn1CC. The van der Waals surface area contributed by atoms with Gasteiger partial charge in [-0.3, -0.25) is 4.79 Å². The number of aromatic nitrogens is 4. The summed E-state index contributed by atoms with van der Waals surface area (Å²) in [6, 6.07) is 0. The third-order valence-corrected chi connectivity index (χ3v) is 3.24. The van der Waals surface area contributed by atoms with Gasteiger partial charge < -0.3 is 5.32 Å². The van der Waals surface area contributed by atoms with Gasteiger partial charge in [-0.15, -0.1) is 5.10 Å². The highest BCUT2D eigenvalue weighted by molar-refractivity contribution is 7.98. The molecule has 0 atom stereocenters. The Morgan fingerprint density at radius 3 is 3.00 bits per heavy atom. The Hall–Kier alpha value is -1.11. The van der Waals surface area contributed by atoms with E-state index in [-0.39, 0.29) is 5.91 Å². The van der Waals surface area contributed by atoms with E-state index >= 15 is 0 Å².